The molecule has 88 valence electrons. The minimum atomic E-state index is 0.679. The zero-order valence-corrected chi connectivity index (χ0v) is 10.4. The molecule has 1 aromatic carbocycles. The van der Waals surface area contributed by atoms with Crippen molar-refractivity contribution in [3.8, 4) is 0 Å². The summed E-state index contributed by atoms with van der Waals surface area (Å²) in [5.74, 6) is 0. The van der Waals surface area contributed by atoms with Crippen LogP contribution in [0.15, 0.2) is 18.2 Å². The summed E-state index contributed by atoms with van der Waals surface area (Å²) < 4.78 is 0. The highest BCUT2D eigenvalue weighted by atomic mass is 15.2. The fourth-order valence-corrected chi connectivity index (χ4v) is 2.68. The molecule has 2 heteroatoms. The standard InChI is InChI=1S/C14H22N2/c1-3-12-6-4-5-9-16(12)14-8-7-11(2)10-13(14)15/h7-8,10,12H,3-6,9,15H2,1-2H3. The van der Waals surface area contributed by atoms with Crippen molar-refractivity contribution < 1.29 is 0 Å². The van der Waals surface area contributed by atoms with Gasteiger partial charge in [0.1, 0.15) is 0 Å². The molecule has 1 aliphatic heterocycles. The minimum Gasteiger partial charge on any atom is -0.397 e. The molecule has 2 rings (SSSR count). The number of rotatable bonds is 2. The zero-order valence-electron chi connectivity index (χ0n) is 10.4. The largest absolute Gasteiger partial charge is 0.397 e. The van der Waals surface area contributed by atoms with Gasteiger partial charge in [-0.1, -0.05) is 13.0 Å². The summed E-state index contributed by atoms with van der Waals surface area (Å²) in [5.41, 5.74) is 9.53. The van der Waals surface area contributed by atoms with Crippen molar-refractivity contribution in [1.82, 2.24) is 0 Å². The van der Waals surface area contributed by atoms with Crippen molar-refractivity contribution in [2.24, 2.45) is 0 Å². The summed E-state index contributed by atoms with van der Waals surface area (Å²) in [6, 6.07) is 7.10. The first-order chi connectivity index (χ1) is 7.72. The molecule has 1 fully saturated rings. The molecule has 2 nitrogen and oxygen atoms in total. The molecule has 16 heavy (non-hydrogen) atoms. The minimum absolute atomic E-state index is 0.679. The van der Waals surface area contributed by atoms with Crippen LogP contribution in [0, 0.1) is 6.92 Å². The summed E-state index contributed by atoms with van der Waals surface area (Å²) in [6.07, 6.45) is 5.18. The first-order valence-electron chi connectivity index (χ1n) is 6.35. The number of aryl methyl sites for hydroxylation is 1. The molecule has 0 bridgehead atoms. The predicted molar refractivity (Wildman–Crippen MR) is 70.9 cm³/mol. The van der Waals surface area contributed by atoms with Gasteiger partial charge in [-0.2, -0.15) is 0 Å². The van der Waals surface area contributed by atoms with Gasteiger partial charge in [-0.25, -0.2) is 0 Å². The van der Waals surface area contributed by atoms with Gasteiger partial charge in [0.25, 0.3) is 0 Å². The summed E-state index contributed by atoms with van der Waals surface area (Å²) >= 11 is 0. The summed E-state index contributed by atoms with van der Waals surface area (Å²) in [7, 11) is 0. The lowest BCUT2D eigenvalue weighted by Gasteiger charge is -2.37. The Hall–Kier alpha value is -1.18. The number of hydrogen-bond donors (Lipinski definition) is 1. The van der Waals surface area contributed by atoms with Gasteiger partial charge in [0.15, 0.2) is 0 Å². The summed E-state index contributed by atoms with van der Waals surface area (Å²) in [4.78, 5) is 2.50. The SMILES string of the molecule is CCC1CCCCN1c1ccc(C)cc1N. The van der Waals surface area contributed by atoms with E-state index in [4.69, 9.17) is 5.73 Å². The fourth-order valence-electron chi connectivity index (χ4n) is 2.68. The molecular formula is C14H22N2. The Morgan fingerprint density at radius 3 is 2.88 bits per heavy atom. The van der Waals surface area contributed by atoms with E-state index >= 15 is 0 Å². The van der Waals surface area contributed by atoms with Crippen molar-refractivity contribution in [1.29, 1.82) is 0 Å². The van der Waals surface area contributed by atoms with Crippen molar-refractivity contribution in [3.63, 3.8) is 0 Å². The molecular weight excluding hydrogens is 196 g/mol. The lowest BCUT2D eigenvalue weighted by atomic mass is 9.98. The third-order valence-electron chi connectivity index (χ3n) is 3.59. The van der Waals surface area contributed by atoms with Crippen LogP contribution < -0.4 is 10.6 Å². The highest BCUT2D eigenvalue weighted by Gasteiger charge is 2.22. The number of nitrogen functional groups attached to an aromatic ring is 1. The Balaban J connectivity index is 2.27. The molecule has 0 aromatic heterocycles. The fraction of sp³-hybridized carbons (Fsp3) is 0.571. The van der Waals surface area contributed by atoms with Gasteiger partial charge >= 0.3 is 0 Å². The lowest BCUT2D eigenvalue weighted by Crippen LogP contribution is -2.39. The maximum absolute atomic E-state index is 6.13. The van der Waals surface area contributed by atoms with Crippen LogP contribution in [0.1, 0.15) is 38.2 Å². The van der Waals surface area contributed by atoms with Crippen LogP contribution in [0.4, 0.5) is 11.4 Å². The molecule has 1 heterocycles. The van der Waals surface area contributed by atoms with Crippen LogP contribution in [0.3, 0.4) is 0 Å². The predicted octanol–water partition coefficient (Wildman–Crippen LogP) is 3.35. The molecule has 1 aliphatic rings. The monoisotopic (exact) mass is 218 g/mol. The molecule has 1 aromatic rings. The Bertz CT molecular complexity index is 360. The van der Waals surface area contributed by atoms with Gasteiger partial charge in [-0.05, 0) is 50.3 Å². The highest BCUT2D eigenvalue weighted by Crippen LogP contribution is 2.31. The molecule has 1 atom stereocenters. The number of benzene rings is 1. The van der Waals surface area contributed by atoms with Crippen LogP contribution in [-0.4, -0.2) is 12.6 Å². The Labute approximate surface area is 98.4 Å². The summed E-state index contributed by atoms with van der Waals surface area (Å²) in [6.45, 7) is 5.52. The number of nitrogens with zero attached hydrogens (tertiary/aromatic N) is 1. The first-order valence-corrected chi connectivity index (χ1v) is 6.35. The van der Waals surface area contributed by atoms with Crippen LogP contribution in [0.2, 0.25) is 0 Å². The second-order valence-corrected chi connectivity index (χ2v) is 4.81. The van der Waals surface area contributed by atoms with E-state index in [1.165, 1.54) is 36.9 Å². The molecule has 0 amide bonds. The van der Waals surface area contributed by atoms with Crippen LogP contribution in [0.5, 0.6) is 0 Å². The lowest BCUT2D eigenvalue weighted by molar-refractivity contribution is 0.450. The van der Waals surface area contributed by atoms with Gasteiger partial charge < -0.3 is 10.6 Å². The highest BCUT2D eigenvalue weighted by molar-refractivity contribution is 5.69. The van der Waals surface area contributed by atoms with Crippen LogP contribution in [0.25, 0.3) is 0 Å². The number of anilines is 2. The van der Waals surface area contributed by atoms with Gasteiger partial charge in [0.2, 0.25) is 0 Å². The quantitative estimate of drug-likeness (QED) is 0.771. The van der Waals surface area contributed by atoms with E-state index in [0.29, 0.717) is 6.04 Å². The molecule has 0 radical (unpaired) electrons. The average Bonchev–Trinajstić information content (AvgIpc) is 2.29. The zero-order chi connectivity index (χ0) is 11.5. The average molecular weight is 218 g/mol. The smallest absolute Gasteiger partial charge is 0.0602 e. The second kappa shape index (κ2) is 4.77. The van der Waals surface area contributed by atoms with E-state index in [1.54, 1.807) is 0 Å². The Kier molecular flexibility index (Phi) is 3.37. The molecule has 0 saturated carbocycles. The van der Waals surface area contributed by atoms with Gasteiger partial charge in [-0.3, -0.25) is 0 Å². The maximum Gasteiger partial charge on any atom is 0.0602 e. The van der Waals surface area contributed by atoms with Crippen molar-refractivity contribution in [2.45, 2.75) is 45.6 Å². The number of piperidine rings is 1. The van der Waals surface area contributed by atoms with Crippen molar-refractivity contribution in [3.05, 3.63) is 23.8 Å². The Morgan fingerprint density at radius 1 is 1.38 bits per heavy atom. The summed E-state index contributed by atoms with van der Waals surface area (Å²) in [5, 5.41) is 0. The Morgan fingerprint density at radius 2 is 2.19 bits per heavy atom. The van der Waals surface area contributed by atoms with Gasteiger partial charge in [-0.15, -0.1) is 0 Å². The molecule has 1 saturated heterocycles. The topological polar surface area (TPSA) is 29.3 Å². The van der Waals surface area contributed by atoms with Crippen molar-refractivity contribution in [2.75, 3.05) is 17.2 Å². The van der Waals surface area contributed by atoms with Crippen LogP contribution >= 0.6 is 0 Å². The number of nitrogens with two attached hydrogens (primary N) is 1. The third kappa shape index (κ3) is 2.16. The number of hydrogen-bond acceptors (Lipinski definition) is 2. The van der Waals surface area contributed by atoms with Gasteiger partial charge in [0.05, 0.1) is 11.4 Å². The van der Waals surface area contributed by atoms with Gasteiger partial charge in [0, 0.05) is 12.6 Å². The van der Waals surface area contributed by atoms with E-state index in [2.05, 4.69) is 36.9 Å². The van der Waals surface area contributed by atoms with E-state index in [-0.39, 0.29) is 0 Å². The second-order valence-electron chi connectivity index (χ2n) is 4.81. The van der Waals surface area contributed by atoms with E-state index < -0.39 is 0 Å². The van der Waals surface area contributed by atoms with E-state index in [9.17, 15) is 0 Å². The normalized spacial score (nSPS) is 21.1. The molecule has 1 unspecified atom stereocenters. The third-order valence-corrected chi connectivity index (χ3v) is 3.59. The first kappa shape index (κ1) is 11.3. The molecule has 0 spiro atoms. The maximum atomic E-state index is 6.13. The van der Waals surface area contributed by atoms with E-state index in [0.717, 1.165) is 12.2 Å². The molecule has 2 N–H and O–H groups in total. The van der Waals surface area contributed by atoms with Crippen molar-refractivity contribution >= 4 is 11.4 Å². The van der Waals surface area contributed by atoms with Crippen LogP contribution in [-0.2, 0) is 0 Å². The molecule has 0 aliphatic carbocycles. The van der Waals surface area contributed by atoms with E-state index in [1.807, 2.05) is 0 Å².